The molecule has 2 aromatic rings. The number of nitrogens with zero attached hydrogens (tertiary/aromatic N) is 1. The van der Waals surface area contributed by atoms with E-state index in [0.717, 1.165) is 29.8 Å². The molecule has 1 aliphatic rings. The van der Waals surface area contributed by atoms with Gasteiger partial charge in [0.05, 0.1) is 0 Å². The van der Waals surface area contributed by atoms with E-state index in [1.54, 1.807) is 26.0 Å². The number of hydrogen-bond donors (Lipinski definition) is 4. The van der Waals surface area contributed by atoms with Crippen LogP contribution in [0.15, 0.2) is 84.6 Å². The Labute approximate surface area is 188 Å². The number of nitrogens with one attached hydrogen (secondary N) is 2. The van der Waals surface area contributed by atoms with Gasteiger partial charge in [-0.25, -0.2) is 0 Å². The maximum atomic E-state index is 13.2. The summed E-state index contributed by atoms with van der Waals surface area (Å²) in [5.41, 5.74) is 2.25. The minimum Gasteiger partial charge on any atom is -0.504 e. The average Bonchev–Trinajstić information content (AvgIpc) is 2.77. The number of piperidine rings is 1. The lowest BCUT2D eigenvalue weighted by Crippen LogP contribution is -2.39. The minimum atomic E-state index is -1.15. The zero-order valence-electron chi connectivity index (χ0n) is 18.4. The summed E-state index contributed by atoms with van der Waals surface area (Å²) in [5, 5.41) is 30.9. The third-order valence-electron chi connectivity index (χ3n) is 5.74. The SMILES string of the molecule is C=C/C=C1\C(=C/C(C)(C(C)=N)C(=O)Nc2ccccc2)CCCN1c1ccc(O)c(O)c1. The molecule has 1 unspecified atom stereocenters. The highest BCUT2D eigenvalue weighted by Gasteiger charge is 2.35. The van der Waals surface area contributed by atoms with E-state index >= 15 is 0 Å². The number of phenols is 2. The molecule has 1 saturated heterocycles. The Morgan fingerprint density at radius 1 is 1.19 bits per heavy atom. The van der Waals surface area contributed by atoms with Crippen LogP contribution < -0.4 is 10.2 Å². The number of phenolic OH excluding ortho intramolecular Hbond substituents is 2. The van der Waals surface area contributed by atoms with Crippen LogP contribution in [0.4, 0.5) is 11.4 Å². The molecule has 0 spiro atoms. The van der Waals surface area contributed by atoms with Crippen LogP contribution in [0.5, 0.6) is 11.5 Å². The predicted octanol–water partition coefficient (Wildman–Crippen LogP) is 5.38. The van der Waals surface area contributed by atoms with Crippen molar-refractivity contribution in [3.05, 3.63) is 84.6 Å². The molecular weight excluding hydrogens is 402 g/mol. The average molecular weight is 432 g/mol. The normalized spacial score (nSPS) is 18.2. The van der Waals surface area contributed by atoms with E-state index in [4.69, 9.17) is 5.41 Å². The second-order valence-corrected chi connectivity index (χ2v) is 8.03. The van der Waals surface area contributed by atoms with Crippen LogP contribution in [-0.4, -0.2) is 28.4 Å². The second-order valence-electron chi connectivity index (χ2n) is 8.03. The van der Waals surface area contributed by atoms with Crippen LogP contribution in [0.1, 0.15) is 26.7 Å². The van der Waals surface area contributed by atoms with E-state index in [1.807, 2.05) is 47.4 Å². The van der Waals surface area contributed by atoms with Crippen LogP contribution in [0, 0.1) is 10.8 Å². The zero-order chi connectivity index (χ0) is 23.3. The first kappa shape index (κ1) is 22.9. The summed E-state index contributed by atoms with van der Waals surface area (Å²) >= 11 is 0. The number of carbonyl (C=O) groups is 1. The van der Waals surface area contributed by atoms with Crippen molar-refractivity contribution in [3.8, 4) is 11.5 Å². The smallest absolute Gasteiger partial charge is 0.239 e. The molecular formula is C26H29N3O3. The van der Waals surface area contributed by atoms with Crippen molar-refractivity contribution < 1.29 is 15.0 Å². The fraction of sp³-hybridized carbons (Fsp3) is 0.231. The summed E-state index contributed by atoms with van der Waals surface area (Å²) < 4.78 is 0. The van der Waals surface area contributed by atoms with Crippen molar-refractivity contribution in [2.24, 2.45) is 5.41 Å². The molecule has 0 radical (unpaired) electrons. The van der Waals surface area contributed by atoms with Gasteiger partial charge in [0, 0.05) is 35.4 Å². The Hall–Kier alpha value is -3.80. The number of benzene rings is 2. The Kier molecular flexibility index (Phi) is 6.83. The molecule has 1 amide bonds. The minimum absolute atomic E-state index is 0.180. The second kappa shape index (κ2) is 9.56. The molecule has 6 heteroatoms. The van der Waals surface area contributed by atoms with Crippen molar-refractivity contribution in [2.75, 3.05) is 16.8 Å². The van der Waals surface area contributed by atoms with Gasteiger partial charge in [-0.1, -0.05) is 36.9 Å². The number of anilines is 2. The first-order valence-electron chi connectivity index (χ1n) is 10.5. The van der Waals surface area contributed by atoms with Gasteiger partial charge < -0.3 is 25.8 Å². The summed E-state index contributed by atoms with van der Waals surface area (Å²) in [6.07, 6.45) is 6.97. The predicted molar refractivity (Wildman–Crippen MR) is 129 cm³/mol. The Morgan fingerprint density at radius 3 is 2.53 bits per heavy atom. The van der Waals surface area contributed by atoms with E-state index < -0.39 is 5.41 Å². The molecule has 1 aliphatic heterocycles. The largest absolute Gasteiger partial charge is 0.504 e. The number of allylic oxidation sites excluding steroid dienone is 3. The van der Waals surface area contributed by atoms with Crippen LogP contribution in [-0.2, 0) is 4.79 Å². The number of para-hydroxylation sites is 1. The first-order chi connectivity index (χ1) is 15.3. The third-order valence-corrected chi connectivity index (χ3v) is 5.74. The van der Waals surface area contributed by atoms with E-state index in [0.29, 0.717) is 12.2 Å². The topological polar surface area (TPSA) is 96.7 Å². The van der Waals surface area contributed by atoms with E-state index in [2.05, 4.69) is 11.9 Å². The van der Waals surface area contributed by atoms with Crippen molar-refractivity contribution >= 4 is 23.0 Å². The van der Waals surface area contributed by atoms with Crippen LogP contribution in [0.25, 0.3) is 0 Å². The highest BCUT2D eigenvalue weighted by molar-refractivity contribution is 6.13. The van der Waals surface area contributed by atoms with Crippen molar-refractivity contribution in [1.82, 2.24) is 0 Å². The highest BCUT2D eigenvalue weighted by Crippen LogP contribution is 2.38. The monoisotopic (exact) mass is 431 g/mol. The Morgan fingerprint density at radius 2 is 1.91 bits per heavy atom. The van der Waals surface area contributed by atoms with Gasteiger partial charge in [0.1, 0.15) is 5.41 Å². The van der Waals surface area contributed by atoms with Gasteiger partial charge in [0.15, 0.2) is 11.5 Å². The van der Waals surface area contributed by atoms with Gasteiger partial charge in [0.2, 0.25) is 5.91 Å². The molecule has 6 nitrogen and oxygen atoms in total. The van der Waals surface area contributed by atoms with Gasteiger partial charge in [-0.2, -0.15) is 0 Å². The Bertz CT molecular complexity index is 1090. The lowest BCUT2D eigenvalue weighted by atomic mass is 9.80. The maximum absolute atomic E-state index is 13.2. The van der Waals surface area contributed by atoms with E-state index in [-0.39, 0.29) is 23.1 Å². The highest BCUT2D eigenvalue weighted by atomic mass is 16.3. The van der Waals surface area contributed by atoms with Crippen LogP contribution in [0.2, 0.25) is 0 Å². The molecule has 4 N–H and O–H groups in total. The molecule has 0 aromatic heterocycles. The maximum Gasteiger partial charge on any atom is 0.239 e. The van der Waals surface area contributed by atoms with Gasteiger partial charge in [-0.05, 0) is 62.6 Å². The molecule has 1 atom stereocenters. The van der Waals surface area contributed by atoms with Gasteiger partial charge >= 0.3 is 0 Å². The number of hydrogen-bond acceptors (Lipinski definition) is 5. The van der Waals surface area contributed by atoms with E-state index in [9.17, 15) is 15.0 Å². The number of carbonyl (C=O) groups excluding carboxylic acids is 1. The van der Waals surface area contributed by atoms with Gasteiger partial charge in [-0.15, -0.1) is 0 Å². The summed E-state index contributed by atoms with van der Waals surface area (Å²) in [4.78, 5) is 15.3. The van der Waals surface area contributed by atoms with Gasteiger partial charge in [0.25, 0.3) is 0 Å². The first-order valence-corrected chi connectivity index (χ1v) is 10.5. The zero-order valence-corrected chi connectivity index (χ0v) is 18.4. The molecule has 3 rings (SSSR count). The molecule has 2 aromatic carbocycles. The third kappa shape index (κ3) is 4.75. The number of amides is 1. The molecule has 1 fully saturated rings. The molecule has 32 heavy (non-hydrogen) atoms. The summed E-state index contributed by atoms with van der Waals surface area (Å²) in [6, 6.07) is 13.9. The van der Waals surface area contributed by atoms with Gasteiger partial charge in [-0.3, -0.25) is 4.79 Å². The van der Waals surface area contributed by atoms with Crippen LogP contribution >= 0.6 is 0 Å². The van der Waals surface area contributed by atoms with Crippen molar-refractivity contribution in [3.63, 3.8) is 0 Å². The quantitative estimate of drug-likeness (QED) is 0.365. The fourth-order valence-corrected chi connectivity index (χ4v) is 3.73. The Balaban J connectivity index is 2.01. The summed E-state index contributed by atoms with van der Waals surface area (Å²) in [6.45, 7) is 7.92. The fourth-order valence-electron chi connectivity index (χ4n) is 3.73. The molecule has 166 valence electrons. The standard InChI is InChI=1S/C26H29N3O3/c1-4-9-22-19(10-8-15-29(22)21-13-14-23(30)24(31)16-21)17-26(3,18(2)27)25(32)28-20-11-6-5-7-12-20/h4-7,9,11-14,16-17,27,30-31H,1,8,10,15H2,2-3H3,(H,28,32)/b19-17-,22-9+,27-18?. The molecule has 1 heterocycles. The summed E-state index contributed by atoms with van der Waals surface area (Å²) in [5.74, 6) is -0.652. The van der Waals surface area contributed by atoms with Crippen molar-refractivity contribution in [1.29, 1.82) is 5.41 Å². The number of aromatic hydroxyl groups is 2. The molecule has 0 aliphatic carbocycles. The van der Waals surface area contributed by atoms with Crippen LogP contribution in [0.3, 0.4) is 0 Å². The van der Waals surface area contributed by atoms with Crippen molar-refractivity contribution in [2.45, 2.75) is 26.7 Å². The molecule has 0 bridgehead atoms. The van der Waals surface area contributed by atoms with E-state index in [1.165, 1.54) is 12.1 Å². The summed E-state index contributed by atoms with van der Waals surface area (Å²) in [7, 11) is 0. The lowest BCUT2D eigenvalue weighted by Gasteiger charge is -2.35. The molecule has 0 saturated carbocycles. The number of rotatable bonds is 6. The lowest BCUT2D eigenvalue weighted by molar-refractivity contribution is -0.120.